The van der Waals surface area contributed by atoms with Gasteiger partial charge in [-0.1, -0.05) is 11.6 Å². The molecule has 3 heterocycles. The number of piperidine rings is 1. The van der Waals surface area contributed by atoms with Crippen molar-refractivity contribution in [2.75, 3.05) is 11.9 Å². The molecule has 0 unspecified atom stereocenters. The van der Waals surface area contributed by atoms with E-state index in [-0.39, 0.29) is 18.0 Å². The highest BCUT2D eigenvalue weighted by Crippen LogP contribution is 2.22. The second kappa shape index (κ2) is 7.35. The fourth-order valence-electron chi connectivity index (χ4n) is 3.46. The normalized spacial score (nSPS) is 19.8. The van der Waals surface area contributed by atoms with Gasteiger partial charge in [-0.05, 0) is 47.1 Å². The van der Waals surface area contributed by atoms with Gasteiger partial charge in [0.1, 0.15) is 11.6 Å². The fraction of sp³-hybridized carbons (Fsp3) is 0.647. The van der Waals surface area contributed by atoms with Gasteiger partial charge < -0.3 is 4.52 Å². The summed E-state index contributed by atoms with van der Waals surface area (Å²) < 4.78 is 7.04. The molecule has 1 aliphatic rings. The summed E-state index contributed by atoms with van der Waals surface area (Å²) in [6.07, 6.45) is 3.33. The number of nitrogens with one attached hydrogen (secondary N) is 1. The Balaban J connectivity index is 1.68. The number of likely N-dealkylation sites (tertiary alicyclic amines) is 1. The lowest BCUT2D eigenvalue weighted by atomic mass is 9.99. The van der Waals surface area contributed by atoms with Gasteiger partial charge in [-0.2, -0.15) is 5.10 Å². The highest BCUT2D eigenvalue weighted by molar-refractivity contribution is 5.93. The van der Waals surface area contributed by atoms with Crippen molar-refractivity contribution in [3.8, 4) is 0 Å². The standard InChI is InChI=1S/C17H26N6O2/c1-11-9-16(25-21-11)19-17(24)12(2)22-8-6-5-7-15(22)10-23-14(4)18-13(3)20-23/h9,12,15H,5-8,10H2,1-4H3,(H,19,24)/t12-,15-/m0/s1. The molecule has 2 aromatic heterocycles. The van der Waals surface area contributed by atoms with Crippen LogP contribution in [0.5, 0.6) is 0 Å². The molecule has 1 saturated heterocycles. The molecule has 25 heavy (non-hydrogen) atoms. The first-order valence-electron chi connectivity index (χ1n) is 8.82. The van der Waals surface area contributed by atoms with Gasteiger partial charge in [-0.3, -0.25) is 15.0 Å². The molecule has 0 aliphatic carbocycles. The molecule has 1 aliphatic heterocycles. The Morgan fingerprint density at radius 3 is 2.84 bits per heavy atom. The average molecular weight is 346 g/mol. The molecular formula is C17H26N6O2. The minimum atomic E-state index is -0.249. The maximum absolute atomic E-state index is 12.6. The van der Waals surface area contributed by atoms with Crippen molar-refractivity contribution in [1.82, 2.24) is 24.8 Å². The second-order valence-corrected chi connectivity index (χ2v) is 6.77. The first kappa shape index (κ1) is 17.6. The van der Waals surface area contributed by atoms with E-state index in [1.165, 1.54) is 6.42 Å². The summed E-state index contributed by atoms with van der Waals surface area (Å²) in [5.41, 5.74) is 0.746. The van der Waals surface area contributed by atoms with Crippen LogP contribution in [0.2, 0.25) is 0 Å². The summed E-state index contributed by atoms with van der Waals surface area (Å²) in [5, 5.41) is 11.1. The minimum Gasteiger partial charge on any atom is -0.338 e. The molecular weight excluding hydrogens is 320 g/mol. The molecule has 1 N–H and O–H groups in total. The summed E-state index contributed by atoms with van der Waals surface area (Å²) in [5.74, 6) is 2.02. The predicted molar refractivity (Wildman–Crippen MR) is 93.2 cm³/mol. The molecule has 1 fully saturated rings. The number of hydrogen-bond acceptors (Lipinski definition) is 6. The highest BCUT2D eigenvalue weighted by atomic mass is 16.5. The number of hydrogen-bond donors (Lipinski definition) is 1. The van der Waals surface area contributed by atoms with Crippen molar-refractivity contribution in [3.05, 3.63) is 23.4 Å². The van der Waals surface area contributed by atoms with Crippen LogP contribution in [-0.2, 0) is 11.3 Å². The molecule has 0 saturated carbocycles. The number of rotatable bonds is 5. The van der Waals surface area contributed by atoms with Crippen molar-refractivity contribution < 1.29 is 9.32 Å². The van der Waals surface area contributed by atoms with Gasteiger partial charge in [0.15, 0.2) is 0 Å². The Hall–Kier alpha value is -2.22. The van der Waals surface area contributed by atoms with Crippen LogP contribution in [0.25, 0.3) is 0 Å². The van der Waals surface area contributed by atoms with Crippen LogP contribution in [0.4, 0.5) is 5.88 Å². The molecule has 1 amide bonds. The molecule has 2 aromatic rings. The topological polar surface area (TPSA) is 89.1 Å². The van der Waals surface area contributed by atoms with Gasteiger partial charge in [0.2, 0.25) is 11.8 Å². The number of carbonyl (C=O) groups excluding carboxylic acids is 1. The number of anilines is 1. The van der Waals surface area contributed by atoms with Gasteiger partial charge in [0.05, 0.1) is 18.3 Å². The largest absolute Gasteiger partial charge is 0.338 e. The number of carbonyl (C=O) groups is 1. The predicted octanol–water partition coefficient (Wildman–Crippen LogP) is 2.07. The summed E-state index contributed by atoms with van der Waals surface area (Å²) in [6, 6.07) is 1.74. The van der Waals surface area contributed by atoms with Crippen LogP contribution in [-0.4, -0.2) is 49.4 Å². The van der Waals surface area contributed by atoms with E-state index in [0.717, 1.165) is 43.3 Å². The van der Waals surface area contributed by atoms with E-state index >= 15 is 0 Å². The first-order chi connectivity index (χ1) is 11.9. The lowest BCUT2D eigenvalue weighted by Gasteiger charge is -2.39. The molecule has 0 aromatic carbocycles. The summed E-state index contributed by atoms with van der Waals surface area (Å²) in [6.45, 7) is 9.29. The fourth-order valence-corrected chi connectivity index (χ4v) is 3.46. The van der Waals surface area contributed by atoms with Crippen LogP contribution in [0, 0.1) is 20.8 Å². The molecule has 0 radical (unpaired) electrons. The lowest BCUT2D eigenvalue weighted by molar-refractivity contribution is -0.122. The molecule has 8 nitrogen and oxygen atoms in total. The minimum absolute atomic E-state index is 0.0745. The van der Waals surface area contributed by atoms with Gasteiger partial charge in [0, 0.05) is 12.1 Å². The third kappa shape index (κ3) is 4.07. The Bertz CT molecular complexity index is 737. The van der Waals surface area contributed by atoms with Crippen LogP contribution in [0.15, 0.2) is 10.6 Å². The van der Waals surface area contributed by atoms with E-state index in [9.17, 15) is 4.79 Å². The van der Waals surface area contributed by atoms with Crippen LogP contribution >= 0.6 is 0 Å². The van der Waals surface area contributed by atoms with Crippen molar-refractivity contribution in [2.24, 2.45) is 0 Å². The smallest absolute Gasteiger partial charge is 0.243 e. The average Bonchev–Trinajstić information content (AvgIpc) is 3.12. The molecule has 0 bridgehead atoms. The quantitative estimate of drug-likeness (QED) is 0.891. The van der Waals surface area contributed by atoms with E-state index in [1.807, 2.05) is 32.4 Å². The van der Waals surface area contributed by atoms with Crippen LogP contribution in [0.1, 0.15) is 43.5 Å². The zero-order valence-corrected chi connectivity index (χ0v) is 15.3. The number of aryl methyl sites for hydroxylation is 3. The van der Waals surface area contributed by atoms with Gasteiger partial charge in [-0.25, -0.2) is 9.67 Å². The number of amides is 1. The monoisotopic (exact) mass is 346 g/mol. The van der Waals surface area contributed by atoms with Crippen LogP contribution in [0.3, 0.4) is 0 Å². The van der Waals surface area contributed by atoms with Crippen LogP contribution < -0.4 is 5.32 Å². The summed E-state index contributed by atoms with van der Waals surface area (Å²) >= 11 is 0. The SMILES string of the molecule is Cc1cc(NC(=O)[C@H](C)N2CCCC[C@H]2Cn2nc(C)nc2C)on1. The third-order valence-electron chi connectivity index (χ3n) is 4.77. The summed E-state index contributed by atoms with van der Waals surface area (Å²) in [4.78, 5) is 19.3. The first-order valence-corrected chi connectivity index (χ1v) is 8.82. The third-order valence-corrected chi connectivity index (χ3v) is 4.77. The molecule has 136 valence electrons. The van der Waals surface area contributed by atoms with E-state index in [1.54, 1.807) is 6.07 Å². The zero-order chi connectivity index (χ0) is 18.0. The molecule has 3 rings (SSSR count). The van der Waals surface area contributed by atoms with E-state index in [0.29, 0.717) is 5.88 Å². The van der Waals surface area contributed by atoms with Crippen molar-refractivity contribution >= 4 is 11.8 Å². The van der Waals surface area contributed by atoms with E-state index in [4.69, 9.17) is 4.52 Å². The maximum Gasteiger partial charge on any atom is 0.243 e. The van der Waals surface area contributed by atoms with Gasteiger partial charge >= 0.3 is 0 Å². The Morgan fingerprint density at radius 2 is 2.20 bits per heavy atom. The van der Waals surface area contributed by atoms with Crippen molar-refractivity contribution in [3.63, 3.8) is 0 Å². The highest BCUT2D eigenvalue weighted by Gasteiger charge is 2.31. The Morgan fingerprint density at radius 1 is 1.40 bits per heavy atom. The number of aromatic nitrogens is 4. The van der Waals surface area contributed by atoms with Gasteiger partial charge in [0.25, 0.3) is 0 Å². The van der Waals surface area contributed by atoms with Crippen molar-refractivity contribution in [2.45, 2.75) is 65.6 Å². The number of nitrogens with zero attached hydrogens (tertiary/aromatic N) is 5. The Labute approximate surface area is 147 Å². The van der Waals surface area contributed by atoms with Crippen molar-refractivity contribution in [1.29, 1.82) is 0 Å². The van der Waals surface area contributed by atoms with E-state index in [2.05, 4.69) is 25.5 Å². The van der Waals surface area contributed by atoms with Gasteiger partial charge in [-0.15, -0.1) is 0 Å². The van der Waals surface area contributed by atoms with E-state index < -0.39 is 0 Å². The lowest BCUT2D eigenvalue weighted by Crippen LogP contribution is -2.51. The Kier molecular flexibility index (Phi) is 5.17. The molecule has 8 heteroatoms. The maximum atomic E-state index is 12.6. The summed E-state index contributed by atoms with van der Waals surface area (Å²) in [7, 11) is 0. The molecule has 2 atom stereocenters. The zero-order valence-electron chi connectivity index (χ0n) is 15.3. The second-order valence-electron chi connectivity index (χ2n) is 6.77. The molecule has 0 spiro atoms.